The lowest BCUT2D eigenvalue weighted by molar-refractivity contribution is -0.121. The molecule has 2 amide bonds. The maximum absolute atomic E-state index is 11.4. The van der Waals surface area contributed by atoms with Gasteiger partial charge in [-0.2, -0.15) is 0 Å². The van der Waals surface area contributed by atoms with Crippen molar-refractivity contribution in [2.24, 2.45) is 0 Å². The molecule has 5 heteroatoms. The van der Waals surface area contributed by atoms with Crippen molar-refractivity contribution in [1.82, 2.24) is 15.5 Å². The van der Waals surface area contributed by atoms with Crippen LogP contribution in [0.2, 0.25) is 0 Å². The molecule has 1 atom stereocenters. The zero-order chi connectivity index (χ0) is 13.3. The van der Waals surface area contributed by atoms with Gasteiger partial charge in [-0.15, -0.1) is 0 Å². The molecule has 0 aliphatic carbocycles. The van der Waals surface area contributed by atoms with Crippen LogP contribution in [0.4, 0.5) is 0 Å². The highest BCUT2D eigenvalue weighted by Crippen LogP contribution is 1.96. The molecule has 0 aliphatic heterocycles. The first-order chi connectivity index (χ1) is 8.01. The summed E-state index contributed by atoms with van der Waals surface area (Å²) in [5.74, 6) is -0.118. The van der Waals surface area contributed by atoms with Crippen LogP contribution >= 0.6 is 0 Å². The van der Waals surface area contributed by atoms with Crippen LogP contribution in [0.15, 0.2) is 0 Å². The van der Waals surface area contributed by atoms with E-state index < -0.39 is 0 Å². The van der Waals surface area contributed by atoms with E-state index >= 15 is 0 Å². The van der Waals surface area contributed by atoms with Crippen molar-refractivity contribution in [2.45, 2.75) is 40.2 Å². The van der Waals surface area contributed by atoms with E-state index in [9.17, 15) is 9.59 Å². The molecular formula is C12H25N3O2. The summed E-state index contributed by atoms with van der Waals surface area (Å²) in [6.07, 6.45) is 0.338. The highest BCUT2D eigenvalue weighted by atomic mass is 16.2. The van der Waals surface area contributed by atoms with E-state index in [1.165, 1.54) is 6.92 Å². The lowest BCUT2D eigenvalue weighted by atomic mass is 10.2. The Hall–Kier alpha value is -1.10. The molecule has 0 aliphatic rings. The normalized spacial score (nSPS) is 12.3. The van der Waals surface area contributed by atoms with Crippen molar-refractivity contribution in [1.29, 1.82) is 0 Å². The predicted molar refractivity (Wildman–Crippen MR) is 68.7 cm³/mol. The Morgan fingerprint density at radius 1 is 1.18 bits per heavy atom. The predicted octanol–water partition coefficient (Wildman–Crippen LogP) is 0.359. The lowest BCUT2D eigenvalue weighted by Gasteiger charge is -2.26. The van der Waals surface area contributed by atoms with E-state index in [1.807, 2.05) is 0 Å². The SMILES string of the molecule is CCN(CC)C(C)CNC(=O)CCNC(C)=O. The second-order valence-electron chi connectivity index (χ2n) is 4.11. The minimum atomic E-state index is -0.102. The molecular weight excluding hydrogens is 218 g/mol. The van der Waals surface area contributed by atoms with Crippen LogP contribution in [-0.2, 0) is 9.59 Å². The van der Waals surface area contributed by atoms with E-state index in [1.54, 1.807) is 0 Å². The molecule has 100 valence electrons. The van der Waals surface area contributed by atoms with Crippen LogP contribution in [0.25, 0.3) is 0 Å². The topological polar surface area (TPSA) is 61.4 Å². The van der Waals surface area contributed by atoms with Crippen molar-refractivity contribution >= 4 is 11.8 Å². The zero-order valence-corrected chi connectivity index (χ0v) is 11.4. The summed E-state index contributed by atoms with van der Waals surface area (Å²) >= 11 is 0. The molecule has 0 saturated heterocycles. The quantitative estimate of drug-likeness (QED) is 0.647. The van der Waals surface area contributed by atoms with Gasteiger partial charge in [0.1, 0.15) is 0 Å². The zero-order valence-electron chi connectivity index (χ0n) is 11.4. The number of hydrogen-bond donors (Lipinski definition) is 2. The summed E-state index contributed by atoms with van der Waals surface area (Å²) in [6.45, 7) is 10.8. The Morgan fingerprint density at radius 3 is 2.24 bits per heavy atom. The second-order valence-corrected chi connectivity index (χ2v) is 4.11. The van der Waals surface area contributed by atoms with Crippen molar-refractivity contribution in [2.75, 3.05) is 26.2 Å². The van der Waals surface area contributed by atoms with Crippen LogP contribution in [0.3, 0.4) is 0 Å². The van der Waals surface area contributed by atoms with Gasteiger partial charge in [-0.05, 0) is 20.0 Å². The molecule has 0 fully saturated rings. The molecule has 0 aromatic rings. The monoisotopic (exact) mass is 243 g/mol. The fraction of sp³-hybridized carbons (Fsp3) is 0.833. The van der Waals surface area contributed by atoms with Gasteiger partial charge in [0.2, 0.25) is 11.8 Å². The van der Waals surface area contributed by atoms with Crippen LogP contribution in [0.1, 0.15) is 34.1 Å². The number of carbonyl (C=O) groups is 2. The number of nitrogens with one attached hydrogen (secondary N) is 2. The van der Waals surface area contributed by atoms with E-state index in [0.29, 0.717) is 25.6 Å². The third kappa shape index (κ3) is 7.74. The Balaban J connectivity index is 3.72. The largest absolute Gasteiger partial charge is 0.356 e. The van der Waals surface area contributed by atoms with Crippen LogP contribution in [0, 0.1) is 0 Å². The molecule has 0 aromatic carbocycles. The minimum Gasteiger partial charge on any atom is -0.356 e. The Kier molecular flexibility index (Phi) is 8.40. The van der Waals surface area contributed by atoms with Gasteiger partial charge in [-0.25, -0.2) is 0 Å². The van der Waals surface area contributed by atoms with E-state index in [4.69, 9.17) is 0 Å². The third-order valence-electron chi connectivity index (χ3n) is 2.76. The van der Waals surface area contributed by atoms with E-state index in [0.717, 1.165) is 13.1 Å². The highest BCUT2D eigenvalue weighted by molar-refractivity contribution is 5.77. The second kappa shape index (κ2) is 8.98. The van der Waals surface area contributed by atoms with E-state index in [-0.39, 0.29) is 11.8 Å². The number of likely N-dealkylation sites (N-methyl/N-ethyl adjacent to an activating group) is 1. The first-order valence-corrected chi connectivity index (χ1v) is 6.26. The number of amides is 2. The average Bonchev–Trinajstić information content (AvgIpc) is 2.27. The van der Waals surface area contributed by atoms with Crippen molar-refractivity contribution < 1.29 is 9.59 Å². The number of carbonyl (C=O) groups excluding carboxylic acids is 2. The number of nitrogens with zero attached hydrogens (tertiary/aromatic N) is 1. The van der Waals surface area contributed by atoms with Crippen molar-refractivity contribution in [3.05, 3.63) is 0 Å². The highest BCUT2D eigenvalue weighted by Gasteiger charge is 2.10. The molecule has 0 heterocycles. The van der Waals surface area contributed by atoms with E-state index in [2.05, 4.69) is 36.3 Å². The van der Waals surface area contributed by atoms with Gasteiger partial charge in [0, 0.05) is 32.5 Å². The number of rotatable bonds is 8. The summed E-state index contributed by atoms with van der Waals surface area (Å²) < 4.78 is 0. The standard InChI is InChI=1S/C12H25N3O2/c1-5-15(6-2)10(3)9-14-12(17)7-8-13-11(4)16/h10H,5-9H2,1-4H3,(H,13,16)(H,14,17). The van der Waals surface area contributed by atoms with Crippen LogP contribution in [-0.4, -0.2) is 48.9 Å². The first-order valence-electron chi connectivity index (χ1n) is 6.26. The smallest absolute Gasteiger partial charge is 0.221 e. The molecule has 0 bridgehead atoms. The fourth-order valence-electron chi connectivity index (χ4n) is 1.68. The molecule has 0 aromatic heterocycles. The molecule has 2 N–H and O–H groups in total. The molecule has 0 radical (unpaired) electrons. The first kappa shape index (κ1) is 15.9. The molecule has 1 unspecified atom stereocenters. The van der Waals surface area contributed by atoms with Gasteiger partial charge < -0.3 is 10.6 Å². The Labute approximate surface area is 104 Å². The maximum Gasteiger partial charge on any atom is 0.221 e. The fourth-order valence-corrected chi connectivity index (χ4v) is 1.68. The van der Waals surface area contributed by atoms with Gasteiger partial charge in [-0.3, -0.25) is 14.5 Å². The molecule has 0 spiro atoms. The summed E-state index contributed by atoms with van der Waals surface area (Å²) in [7, 11) is 0. The van der Waals surface area contributed by atoms with Gasteiger partial charge in [-0.1, -0.05) is 13.8 Å². The molecule has 0 saturated carbocycles. The van der Waals surface area contributed by atoms with Gasteiger partial charge in [0.25, 0.3) is 0 Å². The van der Waals surface area contributed by atoms with Gasteiger partial charge in [0.05, 0.1) is 0 Å². The summed E-state index contributed by atoms with van der Waals surface area (Å²) in [4.78, 5) is 24.3. The summed E-state index contributed by atoms with van der Waals surface area (Å²) in [5.41, 5.74) is 0. The Bertz CT molecular complexity index is 240. The van der Waals surface area contributed by atoms with Crippen molar-refractivity contribution in [3.63, 3.8) is 0 Å². The number of hydrogen-bond acceptors (Lipinski definition) is 3. The lowest BCUT2D eigenvalue weighted by Crippen LogP contribution is -2.42. The minimum absolute atomic E-state index is 0.0160. The molecule has 0 rings (SSSR count). The summed E-state index contributed by atoms with van der Waals surface area (Å²) in [6, 6.07) is 0.342. The van der Waals surface area contributed by atoms with Crippen LogP contribution in [0.5, 0.6) is 0 Å². The van der Waals surface area contributed by atoms with Gasteiger partial charge in [0.15, 0.2) is 0 Å². The molecule has 5 nitrogen and oxygen atoms in total. The average molecular weight is 243 g/mol. The third-order valence-corrected chi connectivity index (χ3v) is 2.76. The van der Waals surface area contributed by atoms with Crippen molar-refractivity contribution in [3.8, 4) is 0 Å². The van der Waals surface area contributed by atoms with Gasteiger partial charge >= 0.3 is 0 Å². The van der Waals surface area contributed by atoms with Crippen LogP contribution < -0.4 is 10.6 Å². The summed E-state index contributed by atoms with van der Waals surface area (Å²) in [5, 5.41) is 5.47. The maximum atomic E-state index is 11.4. The molecule has 17 heavy (non-hydrogen) atoms. The Morgan fingerprint density at radius 2 is 1.76 bits per heavy atom.